The standard InChI is InChI=1S/C64H43N/c1-2-13-47(14-3-1)60-42-35-48-16-5-9-21-59(48)64(60)51-33-40-55(41-34-51)65(54-38-31-50(32-39-54)63-43-52-17-6-8-20-58(52)61-22-10-11-23-62(61)63)53-36-29-45(30-37-53)44-25-27-49(28-26-44)57-24-12-18-46-15-4-7-19-56(46)57/h1-43H/i29D,30D,36D,37D. The molecule has 12 rings (SSSR count). The van der Waals surface area contributed by atoms with Crippen molar-refractivity contribution in [1.29, 1.82) is 0 Å². The summed E-state index contributed by atoms with van der Waals surface area (Å²) in [4.78, 5) is 1.88. The van der Waals surface area contributed by atoms with E-state index in [9.17, 15) is 5.48 Å². The largest absolute Gasteiger partial charge is 0.311 e. The molecule has 0 heterocycles. The van der Waals surface area contributed by atoms with E-state index < -0.39 is 0 Å². The maximum absolute atomic E-state index is 9.72. The number of hydrogen-bond donors (Lipinski definition) is 0. The topological polar surface area (TPSA) is 3.24 Å². The molecule has 12 aromatic carbocycles. The van der Waals surface area contributed by atoms with Crippen molar-refractivity contribution in [2.45, 2.75) is 0 Å². The summed E-state index contributed by atoms with van der Waals surface area (Å²) in [5.41, 5.74) is 11.1. The van der Waals surface area contributed by atoms with Gasteiger partial charge in [-0.15, -0.1) is 0 Å². The van der Waals surface area contributed by atoms with Crippen LogP contribution in [0.4, 0.5) is 17.1 Å². The van der Waals surface area contributed by atoms with Crippen molar-refractivity contribution < 1.29 is 5.48 Å². The summed E-state index contributed by atoms with van der Waals surface area (Å²) in [7, 11) is 0. The molecule has 0 aliphatic rings. The fourth-order valence-electron chi connectivity index (χ4n) is 9.56. The number of rotatable bonds is 8. The van der Waals surface area contributed by atoms with Crippen LogP contribution in [0.2, 0.25) is 0 Å². The van der Waals surface area contributed by atoms with Crippen LogP contribution in [-0.4, -0.2) is 0 Å². The molecular weight excluding hydrogens is 783 g/mol. The highest BCUT2D eigenvalue weighted by molar-refractivity contribution is 6.14. The van der Waals surface area contributed by atoms with Crippen LogP contribution in [0, 0.1) is 0 Å². The van der Waals surface area contributed by atoms with E-state index in [1.54, 1.807) is 0 Å². The number of nitrogens with zero attached hydrogens (tertiary/aromatic N) is 1. The van der Waals surface area contributed by atoms with Gasteiger partial charge in [-0.25, -0.2) is 0 Å². The van der Waals surface area contributed by atoms with E-state index in [2.05, 4.69) is 170 Å². The molecule has 0 saturated heterocycles. The molecule has 12 aromatic rings. The molecule has 0 N–H and O–H groups in total. The van der Waals surface area contributed by atoms with E-state index in [0.717, 1.165) is 76.8 Å². The second kappa shape index (κ2) is 16.3. The maximum Gasteiger partial charge on any atom is 0.0645 e. The number of hydrogen-bond acceptors (Lipinski definition) is 1. The highest BCUT2D eigenvalue weighted by Gasteiger charge is 2.17. The van der Waals surface area contributed by atoms with E-state index in [0.29, 0.717) is 16.9 Å². The zero-order chi connectivity index (χ0) is 46.6. The van der Waals surface area contributed by atoms with E-state index in [1.807, 2.05) is 71.6 Å². The van der Waals surface area contributed by atoms with Gasteiger partial charge in [0.25, 0.3) is 0 Å². The van der Waals surface area contributed by atoms with Gasteiger partial charge in [0.1, 0.15) is 0 Å². The molecule has 304 valence electrons. The normalized spacial score (nSPS) is 12.2. The van der Waals surface area contributed by atoms with Gasteiger partial charge in [-0.3, -0.25) is 0 Å². The van der Waals surface area contributed by atoms with Crippen molar-refractivity contribution >= 4 is 60.2 Å². The lowest BCUT2D eigenvalue weighted by atomic mass is 9.89. The predicted molar refractivity (Wildman–Crippen MR) is 278 cm³/mol. The second-order valence-electron chi connectivity index (χ2n) is 16.5. The smallest absolute Gasteiger partial charge is 0.0645 e. The Balaban J connectivity index is 1.00. The van der Waals surface area contributed by atoms with Crippen LogP contribution in [0.15, 0.2) is 261 Å². The monoisotopic (exact) mass is 829 g/mol. The fraction of sp³-hybridized carbons (Fsp3) is 0. The molecule has 0 aliphatic heterocycles. The molecule has 0 unspecified atom stereocenters. The molecule has 1 nitrogen and oxygen atoms in total. The highest BCUT2D eigenvalue weighted by atomic mass is 15.1. The minimum atomic E-state index is -0.127. The summed E-state index contributed by atoms with van der Waals surface area (Å²) < 4.78 is 38.6. The van der Waals surface area contributed by atoms with Gasteiger partial charge >= 0.3 is 0 Å². The summed E-state index contributed by atoms with van der Waals surface area (Å²) in [5.74, 6) is 0. The Bertz CT molecular complexity index is 3890. The van der Waals surface area contributed by atoms with Crippen molar-refractivity contribution in [1.82, 2.24) is 0 Å². The lowest BCUT2D eigenvalue weighted by Crippen LogP contribution is -2.09. The Morgan fingerprint density at radius 1 is 0.246 bits per heavy atom. The van der Waals surface area contributed by atoms with Crippen molar-refractivity contribution in [2.24, 2.45) is 0 Å². The zero-order valence-corrected chi connectivity index (χ0v) is 35.5. The molecule has 0 aromatic heterocycles. The van der Waals surface area contributed by atoms with E-state index >= 15 is 0 Å². The fourth-order valence-corrected chi connectivity index (χ4v) is 9.56. The van der Waals surface area contributed by atoms with Crippen LogP contribution in [-0.2, 0) is 0 Å². The van der Waals surface area contributed by atoms with Gasteiger partial charge in [-0.05, 0) is 141 Å². The molecule has 0 fully saturated rings. The maximum atomic E-state index is 9.72. The van der Waals surface area contributed by atoms with E-state index in [4.69, 9.17) is 0 Å². The second-order valence-corrected chi connectivity index (χ2v) is 16.5. The van der Waals surface area contributed by atoms with Gasteiger partial charge in [-0.1, -0.05) is 218 Å². The van der Waals surface area contributed by atoms with Crippen LogP contribution in [0.1, 0.15) is 5.48 Å². The Kier molecular flexibility index (Phi) is 8.54. The van der Waals surface area contributed by atoms with E-state index in [1.165, 1.54) is 10.8 Å². The summed E-state index contributed by atoms with van der Waals surface area (Å²) >= 11 is 0. The quantitative estimate of drug-likeness (QED) is 0.138. The average molecular weight is 830 g/mol. The first kappa shape index (κ1) is 34.0. The zero-order valence-electron chi connectivity index (χ0n) is 39.5. The molecule has 0 radical (unpaired) electrons. The van der Waals surface area contributed by atoms with Gasteiger partial charge in [0, 0.05) is 17.1 Å². The predicted octanol–water partition coefficient (Wildman–Crippen LogP) is 18.1. The summed E-state index contributed by atoms with van der Waals surface area (Å²) in [5, 5.41) is 9.27. The minimum Gasteiger partial charge on any atom is -0.311 e. The third kappa shape index (κ3) is 7.01. The summed E-state index contributed by atoms with van der Waals surface area (Å²) in [6, 6.07) is 80.9. The van der Waals surface area contributed by atoms with Crippen LogP contribution in [0.5, 0.6) is 0 Å². The number of fused-ring (bicyclic) bond motifs is 5. The van der Waals surface area contributed by atoms with Crippen LogP contribution < -0.4 is 4.90 Å². The van der Waals surface area contributed by atoms with Crippen molar-refractivity contribution in [2.75, 3.05) is 4.90 Å². The van der Waals surface area contributed by atoms with Crippen molar-refractivity contribution in [3.8, 4) is 55.6 Å². The van der Waals surface area contributed by atoms with Crippen LogP contribution >= 0.6 is 0 Å². The Morgan fingerprint density at radius 3 is 1.45 bits per heavy atom. The molecule has 0 amide bonds. The molecule has 0 spiro atoms. The lowest BCUT2D eigenvalue weighted by molar-refractivity contribution is 1.28. The van der Waals surface area contributed by atoms with Gasteiger partial charge < -0.3 is 4.90 Å². The van der Waals surface area contributed by atoms with Crippen molar-refractivity contribution in [3.63, 3.8) is 0 Å². The van der Waals surface area contributed by atoms with Gasteiger partial charge in [0.2, 0.25) is 0 Å². The first-order chi connectivity index (χ1) is 33.9. The van der Waals surface area contributed by atoms with Crippen molar-refractivity contribution in [3.05, 3.63) is 261 Å². The molecule has 0 atom stereocenters. The SMILES string of the molecule is [2H]c1c([2H])c(N(c2ccc(-c3c(-c4ccccc4)ccc4ccccc34)cc2)c2ccc(-c3cc4ccccc4c4ccccc34)cc2)c([2H])c([2H])c1-c1ccc(-c2cccc3ccccc23)cc1. The van der Waals surface area contributed by atoms with Gasteiger partial charge in [-0.2, -0.15) is 0 Å². The molecule has 1 heteroatoms. The lowest BCUT2D eigenvalue weighted by Gasteiger charge is -2.26. The Morgan fingerprint density at radius 2 is 0.738 bits per heavy atom. The third-order valence-corrected chi connectivity index (χ3v) is 12.7. The third-order valence-electron chi connectivity index (χ3n) is 12.7. The molecule has 0 bridgehead atoms. The number of anilines is 3. The van der Waals surface area contributed by atoms with Crippen LogP contribution in [0.25, 0.3) is 98.7 Å². The molecular formula is C64H43N. The molecule has 0 saturated carbocycles. The van der Waals surface area contributed by atoms with Gasteiger partial charge in [0.15, 0.2) is 0 Å². The van der Waals surface area contributed by atoms with Crippen LogP contribution in [0.3, 0.4) is 0 Å². The first-order valence-electron chi connectivity index (χ1n) is 24.1. The number of benzene rings is 12. The highest BCUT2D eigenvalue weighted by Crippen LogP contribution is 2.43. The molecule has 65 heavy (non-hydrogen) atoms. The molecule has 0 aliphatic carbocycles. The summed E-state index contributed by atoms with van der Waals surface area (Å²) in [6.07, 6.45) is 0. The average Bonchev–Trinajstić information content (AvgIpc) is 3.41. The van der Waals surface area contributed by atoms with E-state index in [-0.39, 0.29) is 35.4 Å². The Labute approximate surface area is 385 Å². The Hall–Kier alpha value is -8.52. The summed E-state index contributed by atoms with van der Waals surface area (Å²) in [6.45, 7) is 0. The first-order valence-corrected chi connectivity index (χ1v) is 22.1. The minimum absolute atomic E-state index is 0.104. The van der Waals surface area contributed by atoms with Gasteiger partial charge in [0.05, 0.1) is 5.48 Å².